The van der Waals surface area contributed by atoms with Gasteiger partial charge in [0.25, 0.3) is 0 Å². The number of ether oxygens (including phenoxy) is 3. The van der Waals surface area contributed by atoms with Crippen LogP contribution in [0.1, 0.15) is 31.2 Å². The summed E-state index contributed by atoms with van der Waals surface area (Å²) >= 11 is 0. The lowest BCUT2D eigenvalue weighted by atomic mass is 9.96. The molecule has 3 fully saturated rings. The molecule has 11 heteroatoms. The molecular formula is C25H39N3O7S. The molecule has 0 unspecified atom stereocenters. The molecule has 4 atom stereocenters. The molecule has 3 aliphatic rings. The van der Waals surface area contributed by atoms with Crippen LogP contribution in [0.5, 0.6) is 0 Å². The third-order valence-corrected chi connectivity index (χ3v) is 8.91. The van der Waals surface area contributed by atoms with Gasteiger partial charge in [-0.3, -0.25) is 9.69 Å². The number of benzene rings is 1. The quantitative estimate of drug-likeness (QED) is 0.472. The normalized spacial score (nSPS) is 28.6. The maximum atomic E-state index is 13.6. The van der Waals surface area contributed by atoms with Crippen LogP contribution in [0.15, 0.2) is 29.2 Å². The lowest BCUT2D eigenvalue weighted by molar-refractivity contribution is -0.146. The molecule has 1 amide bonds. The standard InChI is InChI=1S/C25H39N3O7S/c1-19-4-2-5-22(14-19)36(31,32)28-16-20(29)17-34-18-24-23(28)7-6-21(35-24)15-25(30)26-8-3-9-27-10-12-33-13-11-27/h2,4-5,14,20-21,23-24,29H,3,6-13,15-18H2,1H3,(H,26,30)/t20-,21+,23-,24+/m1/s1. The number of carbonyl (C=O) groups excluding carboxylic acids is 1. The third-order valence-electron chi connectivity index (χ3n) is 7.02. The predicted octanol–water partition coefficient (Wildman–Crippen LogP) is 0.522. The molecule has 10 nitrogen and oxygen atoms in total. The number of aryl methyl sites for hydroxylation is 1. The van der Waals surface area contributed by atoms with E-state index in [0.29, 0.717) is 19.4 Å². The predicted molar refractivity (Wildman–Crippen MR) is 133 cm³/mol. The number of morpholine rings is 1. The van der Waals surface area contributed by atoms with Crippen LogP contribution in [-0.2, 0) is 29.0 Å². The Kier molecular flexibility index (Phi) is 9.73. The van der Waals surface area contributed by atoms with Gasteiger partial charge in [0.15, 0.2) is 0 Å². The largest absolute Gasteiger partial charge is 0.389 e. The van der Waals surface area contributed by atoms with Gasteiger partial charge in [-0.15, -0.1) is 0 Å². The highest BCUT2D eigenvalue weighted by Crippen LogP contribution is 2.31. The van der Waals surface area contributed by atoms with Gasteiger partial charge in [-0.1, -0.05) is 12.1 Å². The Balaban J connectivity index is 1.33. The molecule has 4 rings (SSSR count). The van der Waals surface area contributed by atoms with Crippen LogP contribution in [-0.4, -0.2) is 112 Å². The summed E-state index contributed by atoms with van der Waals surface area (Å²) in [4.78, 5) is 15.1. The number of β-amino-alcohol motifs (C(OH)–C–C–N with tert-alkyl or cyclic N) is 1. The summed E-state index contributed by atoms with van der Waals surface area (Å²) in [7, 11) is -3.85. The average molecular weight is 526 g/mol. The number of nitrogens with zero attached hydrogens (tertiary/aromatic N) is 2. The molecule has 202 valence electrons. The summed E-state index contributed by atoms with van der Waals surface area (Å²) in [6.07, 6.45) is 0.454. The highest BCUT2D eigenvalue weighted by atomic mass is 32.2. The Hall–Kier alpha value is -1.60. The van der Waals surface area contributed by atoms with Gasteiger partial charge < -0.3 is 24.6 Å². The first-order chi connectivity index (χ1) is 17.3. The van der Waals surface area contributed by atoms with E-state index in [9.17, 15) is 18.3 Å². The minimum absolute atomic E-state index is 0.0285. The van der Waals surface area contributed by atoms with Crippen LogP contribution in [0.25, 0.3) is 0 Å². The molecule has 36 heavy (non-hydrogen) atoms. The van der Waals surface area contributed by atoms with Gasteiger partial charge in [0.05, 0.1) is 62.1 Å². The van der Waals surface area contributed by atoms with Crippen molar-refractivity contribution in [2.45, 2.75) is 61.9 Å². The number of nitrogens with one attached hydrogen (secondary N) is 1. The lowest BCUT2D eigenvalue weighted by Gasteiger charge is -2.43. The number of sulfonamides is 1. The van der Waals surface area contributed by atoms with Gasteiger partial charge in [-0.05, 0) is 50.4 Å². The molecule has 0 bridgehead atoms. The SMILES string of the molecule is Cc1cccc(S(=O)(=O)N2C[C@@H](O)COC[C@@H]3O[C@H](CC(=O)NCCCN4CCOCC4)CC[C@H]32)c1. The molecule has 3 heterocycles. The van der Waals surface area contributed by atoms with E-state index in [-0.39, 0.29) is 43.1 Å². The summed E-state index contributed by atoms with van der Waals surface area (Å²) < 4.78 is 45.7. The zero-order valence-corrected chi connectivity index (χ0v) is 21.8. The maximum absolute atomic E-state index is 13.6. The monoisotopic (exact) mass is 525 g/mol. The molecule has 1 aromatic rings. The van der Waals surface area contributed by atoms with Crippen molar-refractivity contribution in [3.63, 3.8) is 0 Å². The van der Waals surface area contributed by atoms with E-state index in [2.05, 4.69) is 10.2 Å². The fourth-order valence-electron chi connectivity index (χ4n) is 5.12. The summed E-state index contributed by atoms with van der Waals surface area (Å²) in [6.45, 7) is 6.92. The molecule has 0 saturated carbocycles. The van der Waals surface area contributed by atoms with E-state index in [0.717, 1.165) is 44.8 Å². The van der Waals surface area contributed by atoms with Crippen molar-refractivity contribution >= 4 is 15.9 Å². The summed E-state index contributed by atoms with van der Waals surface area (Å²) in [5, 5.41) is 13.3. The number of hydrogen-bond acceptors (Lipinski definition) is 8. The molecule has 0 aliphatic carbocycles. The first kappa shape index (κ1) is 27.4. The van der Waals surface area contributed by atoms with Crippen molar-refractivity contribution in [3.8, 4) is 0 Å². The topological polar surface area (TPSA) is 118 Å². The molecule has 3 aliphatic heterocycles. The van der Waals surface area contributed by atoms with Crippen LogP contribution >= 0.6 is 0 Å². The second kappa shape index (κ2) is 12.8. The molecule has 1 aromatic carbocycles. The van der Waals surface area contributed by atoms with Gasteiger partial charge in [-0.2, -0.15) is 4.31 Å². The highest BCUT2D eigenvalue weighted by molar-refractivity contribution is 7.89. The molecule has 0 radical (unpaired) electrons. The lowest BCUT2D eigenvalue weighted by Crippen LogP contribution is -2.57. The van der Waals surface area contributed by atoms with Gasteiger partial charge in [0.1, 0.15) is 0 Å². The summed E-state index contributed by atoms with van der Waals surface area (Å²) in [5.41, 5.74) is 0.847. The van der Waals surface area contributed by atoms with Crippen LogP contribution in [0.4, 0.5) is 0 Å². The van der Waals surface area contributed by atoms with Gasteiger partial charge in [0, 0.05) is 26.2 Å². The number of aliphatic hydroxyl groups excluding tert-OH is 1. The first-order valence-corrected chi connectivity index (χ1v) is 14.3. The first-order valence-electron chi connectivity index (χ1n) is 12.9. The smallest absolute Gasteiger partial charge is 0.243 e. The van der Waals surface area contributed by atoms with Gasteiger partial charge >= 0.3 is 0 Å². The van der Waals surface area contributed by atoms with Gasteiger partial charge in [-0.25, -0.2) is 8.42 Å². The number of rotatable bonds is 8. The van der Waals surface area contributed by atoms with Crippen LogP contribution < -0.4 is 5.32 Å². The molecule has 0 aromatic heterocycles. The minimum atomic E-state index is -3.85. The van der Waals surface area contributed by atoms with E-state index in [4.69, 9.17) is 14.2 Å². The number of carbonyl (C=O) groups is 1. The Bertz CT molecular complexity index is 970. The van der Waals surface area contributed by atoms with Crippen LogP contribution in [0, 0.1) is 6.92 Å². The Labute approximate surface area is 213 Å². The number of aliphatic hydroxyl groups is 1. The van der Waals surface area contributed by atoms with Gasteiger partial charge in [0.2, 0.25) is 15.9 Å². The fraction of sp³-hybridized carbons (Fsp3) is 0.720. The zero-order valence-electron chi connectivity index (χ0n) is 21.0. The maximum Gasteiger partial charge on any atom is 0.243 e. The van der Waals surface area contributed by atoms with E-state index >= 15 is 0 Å². The van der Waals surface area contributed by atoms with E-state index in [1.807, 2.05) is 13.0 Å². The second-order valence-electron chi connectivity index (χ2n) is 9.89. The number of hydrogen-bond donors (Lipinski definition) is 2. The zero-order chi connectivity index (χ0) is 25.5. The van der Waals surface area contributed by atoms with Crippen molar-refractivity contribution in [2.24, 2.45) is 0 Å². The van der Waals surface area contributed by atoms with E-state index in [1.54, 1.807) is 18.2 Å². The van der Waals surface area contributed by atoms with E-state index < -0.39 is 28.3 Å². The second-order valence-corrected chi connectivity index (χ2v) is 11.8. The third kappa shape index (κ3) is 7.25. The van der Waals surface area contributed by atoms with E-state index in [1.165, 1.54) is 4.31 Å². The van der Waals surface area contributed by atoms with Crippen LogP contribution in [0.2, 0.25) is 0 Å². The van der Waals surface area contributed by atoms with Crippen molar-refractivity contribution in [3.05, 3.63) is 29.8 Å². The molecule has 3 saturated heterocycles. The Morgan fingerprint density at radius 3 is 2.75 bits per heavy atom. The number of fused-ring (bicyclic) bond motifs is 1. The number of amides is 1. The summed E-state index contributed by atoms with van der Waals surface area (Å²) in [5.74, 6) is -0.0631. The van der Waals surface area contributed by atoms with Crippen molar-refractivity contribution < 1.29 is 32.5 Å². The fourth-order valence-corrected chi connectivity index (χ4v) is 6.94. The van der Waals surface area contributed by atoms with Crippen molar-refractivity contribution in [1.29, 1.82) is 0 Å². The average Bonchev–Trinajstić information content (AvgIpc) is 2.85. The Morgan fingerprint density at radius 2 is 1.97 bits per heavy atom. The molecular weight excluding hydrogens is 486 g/mol. The van der Waals surface area contributed by atoms with Crippen molar-refractivity contribution in [1.82, 2.24) is 14.5 Å². The Morgan fingerprint density at radius 1 is 1.17 bits per heavy atom. The summed E-state index contributed by atoms with van der Waals surface area (Å²) in [6, 6.07) is 6.31. The highest BCUT2D eigenvalue weighted by Gasteiger charge is 2.43. The minimum Gasteiger partial charge on any atom is -0.389 e. The van der Waals surface area contributed by atoms with Crippen LogP contribution in [0.3, 0.4) is 0 Å². The molecule has 2 N–H and O–H groups in total. The molecule has 0 spiro atoms. The van der Waals surface area contributed by atoms with Crippen molar-refractivity contribution in [2.75, 3.05) is 59.2 Å².